The summed E-state index contributed by atoms with van der Waals surface area (Å²) in [6, 6.07) is 16.1. The van der Waals surface area contributed by atoms with Crippen LogP contribution in [0, 0.1) is 5.92 Å². The molecule has 2 aliphatic heterocycles. The van der Waals surface area contributed by atoms with Crippen LogP contribution in [0.1, 0.15) is 41.6 Å². The first kappa shape index (κ1) is 22.7. The third kappa shape index (κ3) is 4.15. The largest absolute Gasteiger partial charge is 0.496 e. The molecule has 0 aromatic heterocycles. The molecule has 2 aliphatic rings. The minimum Gasteiger partial charge on any atom is -0.496 e. The molecule has 3 amide bonds. The summed E-state index contributed by atoms with van der Waals surface area (Å²) in [5, 5.41) is 0. The van der Waals surface area contributed by atoms with Gasteiger partial charge >= 0.3 is 0 Å². The quantitative estimate of drug-likeness (QED) is 0.501. The SMILES string of the molecule is COc1ccccc1[C@@]1(CC(=O)N2CCC[C@@H](C(=O)c3ccccc3)C2)CC(=O)N(C)C1=O. The molecule has 7 heteroatoms. The van der Waals surface area contributed by atoms with Crippen LogP contribution in [0.3, 0.4) is 0 Å². The lowest BCUT2D eigenvalue weighted by molar-refractivity contribution is -0.142. The van der Waals surface area contributed by atoms with Gasteiger partial charge in [0.15, 0.2) is 5.78 Å². The number of ketones is 1. The molecule has 2 heterocycles. The summed E-state index contributed by atoms with van der Waals surface area (Å²) in [5.41, 5.74) is -0.135. The van der Waals surface area contributed by atoms with Crippen LogP contribution in [0.2, 0.25) is 0 Å². The molecule has 0 radical (unpaired) electrons. The predicted molar refractivity (Wildman–Crippen MR) is 122 cm³/mol. The van der Waals surface area contributed by atoms with Crippen molar-refractivity contribution in [3.63, 3.8) is 0 Å². The highest BCUT2D eigenvalue weighted by molar-refractivity contribution is 6.11. The van der Waals surface area contributed by atoms with Gasteiger partial charge in [0.2, 0.25) is 17.7 Å². The number of likely N-dealkylation sites (tertiary alicyclic amines) is 2. The van der Waals surface area contributed by atoms with Crippen molar-refractivity contribution in [3.05, 3.63) is 65.7 Å². The molecule has 0 saturated carbocycles. The van der Waals surface area contributed by atoms with Crippen LogP contribution in [0.4, 0.5) is 0 Å². The van der Waals surface area contributed by atoms with Crippen LogP contribution >= 0.6 is 0 Å². The lowest BCUT2D eigenvalue weighted by atomic mass is 9.75. The number of hydrogen-bond donors (Lipinski definition) is 0. The molecule has 4 rings (SSSR count). The van der Waals surface area contributed by atoms with Gasteiger partial charge in [0.05, 0.1) is 12.5 Å². The van der Waals surface area contributed by atoms with Crippen molar-refractivity contribution in [3.8, 4) is 5.75 Å². The molecule has 0 N–H and O–H groups in total. The van der Waals surface area contributed by atoms with Gasteiger partial charge < -0.3 is 9.64 Å². The van der Waals surface area contributed by atoms with Crippen LogP contribution in [0.25, 0.3) is 0 Å². The summed E-state index contributed by atoms with van der Waals surface area (Å²) in [5.74, 6) is -0.746. The van der Waals surface area contributed by atoms with Crippen molar-refractivity contribution in [1.29, 1.82) is 0 Å². The number of rotatable bonds is 6. The first-order valence-corrected chi connectivity index (χ1v) is 11.2. The van der Waals surface area contributed by atoms with Crippen molar-refractivity contribution < 1.29 is 23.9 Å². The normalized spacial score (nSPS) is 23.0. The molecular formula is C26H28N2O5. The van der Waals surface area contributed by atoms with Gasteiger partial charge in [-0.25, -0.2) is 0 Å². The Morgan fingerprint density at radius 3 is 2.42 bits per heavy atom. The second kappa shape index (κ2) is 9.17. The van der Waals surface area contributed by atoms with Crippen molar-refractivity contribution >= 4 is 23.5 Å². The second-order valence-corrected chi connectivity index (χ2v) is 8.80. The molecule has 2 aromatic carbocycles. The Morgan fingerprint density at radius 2 is 1.76 bits per heavy atom. The standard InChI is InChI=1S/C26H28N2O5/c1-27-22(29)15-26(25(27)32,20-12-6-7-13-21(20)33-2)16-23(30)28-14-8-11-19(17-28)24(31)18-9-4-3-5-10-18/h3-7,9-10,12-13,19H,8,11,14-17H2,1-2H3/t19-,26+/m1/s1. The van der Waals surface area contributed by atoms with Crippen molar-refractivity contribution in [2.24, 2.45) is 5.92 Å². The lowest BCUT2D eigenvalue weighted by Crippen LogP contribution is -2.47. The minimum absolute atomic E-state index is 0.0272. The van der Waals surface area contributed by atoms with E-state index in [4.69, 9.17) is 4.74 Å². The van der Waals surface area contributed by atoms with E-state index in [1.54, 1.807) is 41.3 Å². The molecule has 2 atom stereocenters. The van der Waals surface area contributed by atoms with E-state index in [1.165, 1.54) is 14.2 Å². The van der Waals surface area contributed by atoms with Gasteiger partial charge in [-0.2, -0.15) is 0 Å². The third-order valence-electron chi connectivity index (χ3n) is 6.82. The zero-order valence-corrected chi connectivity index (χ0v) is 19.0. The number of ether oxygens (including phenoxy) is 1. The molecule has 0 unspecified atom stereocenters. The van der Waals surface area contributed by atoms with Gasteiger partial charge in [0, 0.05) is 50.0 Å². The Kier molecular flexibility index (Phi) is 6.31. The second-order valence-electron chi connectivity index (χ2n) is 8.80. The van der Waals surface area contributed by atoms with Crippen molar-refractivity contribution in [2.45, 2.75) is 31.1 Å². The van der Waals surface area contributed by atoms with E-state index >= 15 is 0 Å². The maximum Gasteiger partial charge on any atom is 0.240 e. The highest BCUT2D eigenvalue weighted by atomic mass is 16.5. The fourth-order valence-corrected chi connectivity index (χ4v) is 5.00. The van der Waals surface area contributed by atoms with Crippen molar-refractivity contribution in [2.75, 3.05) is 27.2 Å². The summed E-state index contributed by atoms with van der Waals surface area (Å²) < 4.78 is 5.47. The summed E-state index contributed by atoms with van der Waals surface area (Å²) in [6.45, 7) is 0.837. The number of amides is 3. The number of carbonyl (C=O) groups is 4. The number of methoxy groups -OCH3 is 1. The Bertz CT molecular complexity index is 1080. The Hall–Kier alpha value is -3.48. The number of nitrogens with zero attached hydrogens (tertiary/aromatic N) is 2. The highest BCUT2D eigenvalue weighted by Gasteiger charge is 2.54. The minimum atomic E-state index is -1.31. The fraction of sp³-hybridized carbons (Fsp3) is 0.385. The van der Waals surface area contributed by atoms with Crippen LogP contribution < -0.4 is 4.74 Å². The fourth-order valence-electron chi connectivity index (χ4n) is 5.00. The number of hydrogen-bond acceptors (Lipinski definition) is 5. The zero-order chi connectivity index (χ0) is 23.6. The molecule has 0 spiro atoms. The van der Waals surface area contributed by atoms with E-state index in [1.807, 2.05) is 18.2 Å². The van der Waals surface area contributed by atoms with E-state index in [0.29, 0.717) is 36.4 Å². The average Bonchev–Trinajstić information content (AvgIpc) is 3.08. The van der Waals surface area contributed by atoms with E-state index < -0.39 is 11.3 Å². The van der Waals surface area contributed by atoms with Crippen LogP contribution in [-0.4, -0.2) is 60.6 Å². The third-order valence-corrected chi connectivity index (χ3v) is 6.82. The Balaban J connectivity index is 1.60. The number of piperidine rings is 1. The van der Waals surface area contributed by atoms with Crippen LogP contribution in [0.5, 0.6) is 5.75 Å². The average molecular weight is 449 g/mol. The molecular weight excluding hydrogens is 420 g/mol. The molecule has 2 aromatic rings. The topological polar surface area (TPSA) is 84.0 Å². The van der Waals surface area contributed by atoms with Gasteiger partial charge in [0.25, 0.3) is 0 Å². The molecule has 7 nitrogen and oxygen atoms in total. The van der Waals surface area contributed by atoms with E-state index in [9.17, 15) is 19.2 Å². The lowest BCUT2D eigenvalue weighted by Gasteiger charge is -2.35. The van der Waals surface area contributed by atoms with Gasteiger partial charge in [-0.15, -0.1) is 0 Å². The van der Waals surface area contributed by atoms with Crippen molar-refractivity contribution in [1.82, 2.24) is 9.80 Å². The maximum absolute atomic E-state index is 13.5. The Labute approximate surface area is 193 Å². The maximum atomic E-state index is 13.5. The van der Waals surface area contributed by atoms with E-state index in [2.05, 4.69) is 0 Å². The van der Waals surface area contributed by atoms with Crippen LogP contribution in [0.15, 0.2) is 54.6 Å². The van der Waals surface area contributed by atoms with Gasteiger partial charge in [-0.1, -0.05) is 48.5 Å². The smallest absolute Gasteiger partial charge is 0.240 e. The van der Waals surface area contributed by atoms with E-state index in [-0.39, 0.29) is 36.4 Å². The number of imide groups is 1. The summed E-state index contributed by atoms with van der Waals surface area (Å²) in [7, 11) is 2.95. The summed E-state index contributed by atoms with van der Waals surface area (Å²) >= 11 is 0. The monoisotopic (exact) mass is 448 g/mol. The molecule has 2 saturated heterocycles. The van der Waals surface area contributed by atoms with E-state index in [0.717, 1.165) is 11.3 Å². The number of likely N-dealkylation sites (N-methyl/N-ethyl adjacent to an activating group) is 1. The summed E-state index contributed by atoms with van der Waals surface area (Å²) in [4.78, 5) is 55.0. The van der Waals surface area contributed by atoms with Gasteiger partial charge in [-0.3, -0.25) is 24.1 Å². The number of para-hydroxylation sites is 1. The molecule has 33 heavy (non-hydrogen) atoms. The molecule has 172 valence electrons. The number of carbonyl (C=O) groups excluding carboxylic acids is 4. The molecule has 0 bridgehead atoms. The molecule has 2 fully saturated rings. The van der Waals surface area contributed by atoms with Gasteiger partial charge in [-0.05, 0) is 18.9 Å². The Morgan fingerprint density at radius 1 is 1.06 bits per heavy atom. The summed E-state index contributed by atoms with van der Waals surface area (Å²) in [6.07, 6.45) is 1.20. The zero-order valence-electron chi connectivity index (χ0n) is 19.0. The van der Waals surface area contributed by atoms with Gasteiger partial charge in [0.1, 0.15) is 5.75 Å². The first-order valence-electron chi connectivity index (χ1n) is 11.2. The van der Waals surface area contributed by atoms with Crippen LogP contribution in [-0.2, 0) is 19.8 Å². The number of benzene rings is 2. The highest BCUT2D eigenvalue weighted by Crippen LogP contribution is 2.43. The first-order chi connectivity index (χ1) is 15.9. The number of Topliss-reactive ketones (excluding diaryl/α,β-unsaturated/α-hetero) is 1. The predicted octanol–water partition coefficient (Wildman–Crippen LogP) is 2.83. The molecule has 0 aliphatic carbocycles.